The van der Waals surface area contributed by atoms with Crippen molar-refractivity contribution in [2.45, 2.75) is 38.5 Å². The van der Waals surface area contributed by atoms with E-state index in [0.29, 0.717) is 6.61 Å². The fraction of sp³-hybridized carbons (Fsp3) is 0.308. The van der Waals surface area contributed by atoms with Gasteiger partial charge in [-0.05, 0) is 49.2 Å². The highest BCUT2D eigenvalue weighted by Gasteiger charge is 2.12. The van der Waals surface area contributed by atoms with Crippen molar-refractivity contribution in [3.05, 3.63) is 72.8 Å². The molecule has 0 aliphatic carbocycles. The molecule has 1 heterocycles. The average Bonchev–Trinajstić information content (AvgIpc) is 3.10. The van der Waals surface area contributed by atoms with E-state index in [1.54, 1.807) is 0 Å². The molecule has 150 valence electrons. The number of hydrogen-bond donors (Lipinski definition) is 1. The second-order valence-corrected chi connectivity index (χ2v) is 7.56. The van der Waals surface area contributed by atoms with Gasteiger partial charge in [-0.15, -0.1) is 0 Å². The number of aromatic nitrogens is 1. The van der Waals surface area contributed by atoms with E-state index in [4.69, 9.17) is 9.84 Å². The highest BCUT2D eigenvalue weighted by atomic mass is 16.5. The van der Waals surface area contributed by atoms with Crippen molar-refractivity contribution in [1.82, 2.24) is 4.57 Å². The number of benzene rings is 3. The Morgan fingerprint density at radius 1 is 0.655 bits per heavy atom. The van der Waals surface area contributed by atoms with Gasteiger partial charge in [0.2, 0.25) is 0 Å². The number of unbranched alkanes of at least 4 members (excludes halogenated alkanes) is 5. The number of hydrogen-bond acceptors (Lipinski definition) is 2. The molecule has 29 heavy (non-hydrogen) atoms. The van der Waals surface area contributed by atoms with Gasteiger partial charge >= 0.3 is 0 Å². The molecule has 3 aromatic carbocycles. The maximum Gasteiger partial charge on any atom is 0.120 e. The molecule has 0 radical (unpaired) electrons. The molecule has 0 amide bonds. The molecule has 0 aliphatic rings. The molecule has 0 spiro atoms. The minimum atomic E-state index is 0.312. The number of aliphatic hydroxyl groups is 1. The lowest BCUT2D eigenvalue weighted by atomic mass is 10.1. The summed E-state index contributed by atoms with van der Waals surface area (Å²) >= 11 is 0. The van der Waals surface area contributed by atoms with Crippen LogP contribution in [0.2, 0.25) is 0 Å². The Kier molecular flexibility index (Phi) is 6.48. The monoisotopic (exact) mass is 387 g/mol. The Morgan fingerprint density at radius 2 is 1.34 bits per heavy atom. The largest absolute Gasteiger partial charge is 0.494 e. The maximum absolute atomic E-state index is 8.82. The van der Waals surface area contributed by atoms with Crippen LogP contribution in [0.3, 0.4) is 0 Å². The van der Waals surface area contributed by atoms with Crippen molar-refractivity contribution in [2.75, 3.05) is 13.2 Å². The fourth-order valence-electron chi connectivity index (χ4n) is 4.01. The van der Waals surface area contributed by atoms with E-state index in [0.717, 1.165) is 31.6 Å². The van der Waals surface area contributed by atoms with Gasteiger partial charge in [0, 0.05) is 23.1 Å². The zero-order chi connectivity index (χ0) is 19.9. The summed E-state index contributed by atoms with van der Waals surface area (Å²) in [6.45, 7) is 1.06. The van der Waals surface area contributed by atoms with Gasteiger partial charge in [0.15, 0.2) is 0 Å². The molecule has 0 unspecified atom stereocenters. The van der Waals surface area contributed by atoms with Crippen LogP contribution in [-0.2, 0) is 0 Å². The van der Waals surface area contributed by atoms with Gasteiger partial charge in [0.1, 0.15) is 5.75 Å². The van der Waals surface area contributed by atoms with E-state index in [1.165, 1.54) is 46.8 Å². The topological polar surface area (TPSA) is 34.4 Å². The molecule has 4 aromatic rings. The lowest BCUT2D eigenvalue weighted by Crippen LogP contribution is -1.97. The van der Waals surface area contributed by atoms with Crippen molar-refractivity contribution >= 4 is 21.8 Å². The molecule has 3 heteroatoms. The van der Waals surface area contributed by atoms with Crippen LogP contribution in [0.1, 0.15) is 38.5 Å². The highest BCUT2D eigenvalue weighted by Crippen LogP contribution is 2.34. The molecule has 0 fully saturated rings. The van der Waals surface area contributed by atoms with Gasteiger partial charge in [-0.1, -0.05) is 62.1 Å². The summed E-state index contributed by atoms with van der Waals surface area (Å²) in [7, 11) is 0. The third kappa shape index (κ3) is 4.46. The fourth-order valence-corrected chi connectivity index (χ4v) is 4.01. The zero-order valence-electron chi connectivity index (χ0n) is 16.9. The summed E-state index contributed by atoms with van der Waals surface area (Å²) < 4.78 is 8.38. The summed E-state index contributed by atoms with van der Waals surface area (Å²) in [4.78, 5) is 0. The first-order valence-corrected chi connectivity index (χ1v) is 10.7. The molecule has 0 saturated heterocycles. The van der Waals surface area contributed by atoms with E-state index < -0.39 is 0 Å². The van der Waals surface area contributed by atoms with Crippen LogP contribution < -0.4 is 4.74 Å². The predicted octanol–water partition coefficient (Wildman–Crippen LogP) is 6.50. The Balaban J connectivity index is 1.50. The lowest BCUT2D eigenvalue weighted by Gasteiger charge is -2.09. The Labute approximate surface area is 172 Å². The zero-order valence-corrected chi connectivity index (χ0v) is 16.9. The number of aliphatic hydroxyl groups excluding tert-OH is 1. The van der Waals surface area contributed by atoms with Crippen molar-refractivity contribution < 1.29 is 9.84 Å². The van der Waals surface area contributed by atoms with Crippen molar-refractivity contribution in [3.8, 4) is 11.4 Å². The van der Waals surface area contributed by atoms with E-state index >= 15 is 0 Å². The first-order chi connectivity index (χ1) is 14.4. The molecule has 4 rings (SSSR count). The van der Waals surface area contributed by atoms with Crippen LogP contribution in [0.5, 0.6) is 5.75 Å². The smallest absolute Gasteiger partial charge is 0.120 e. The maximum atomic E-state index is 8.82. The minimum absolute atomic E-state index is 0.312. The number of ether oxygens (including phenoxy) is 1. The number of fused-ring (bicyclic) bond motifs is 3. The third-order valence-corrected chi connectivity index (χ3v) is 5.48. The van der Waals surface area contributed by atoms with Crippen molar-refractivity contribution in [2.24, 2.45) is 0 Å². The van der Waals surface area contributed by atoms with E-state index in [1.807, 2.05) is 0 Å². The summed E-state index contributed by atoms with van der Waals surface area (Å²) in [6, 6.07) is 25.5. The van der Waals surface area contributed by atoms with Crippen LogP contribution in [0.25, 0.3) is 27.5 Å². The van der Waals surface area contributed by atoms with Gasteiger partial charge in [0.05, 0.1) is 17.6 Å². The van der Waals surface area contributed by atoms with Crippen molar-refractivity contribution in [1.29, 1.82) is 0 Å². The van der Waals surface area contributed by atoms with Crippen LogP contribution in [-0.4, -0.2) is 22.9 Å². The molecule has 1 aromatic heterocycles. The predicted molar refractivity (Wildman–Crippen MR) is 121 cm³/mol. The Hall–Kier alpha value is -2.78. The first kappa shape index (κ1) is 19.5. The lowest BCUT2D eigenvalue weighted by molar-refractivity contribution is 0.280. The minimum Gasteiger partial charge on any atom is -0.494 e. The Morgan fingerprint density at radius 3 is 2.17 bits per heavy atom. The van der Waals surface area contributed by atoms with Gasteiger partial charge in [-0.3, -0.25) is 0 Å². The van der Waals surface area contributed by atoms with Crippen LogP contribution in [0.15, 0.2) is 72.8 Å². The van der Waals surface area contributed by atoms with Crippen LogP contribution in [0.4, 0.5) is 0 Å². The summed E-state index contributed by atoms with van der Waals surface area (Å²) in [5.74, 6) is 0.939. The molecule has 0 bridgehead atoms. The average molecular weight is 388 g/mol. The molecule has 0 aliphatic heterocycles. The standard InChI is InChI=1S/C26H29NO2/c28-18-10-3-1-2-4-11-19-29-22-16-17-26-24(20-22)23-14-8-9-15-25(23)27(26)21-12-6-5-7-13-21/h5-9,12-17,20,28H,1-4,10-11,18-19H2. The molecule has 0 atom stereocenters. The van der Waals surface area contributed by atoms with Gasteiger partial charge in [-0.25, -0.2) is 0 Å². The third-order valence-electron chi connectivity index (χ3n) is 5.48. The van der Waals surface area contributed by atoms with Gasteiger partial charge in [0.25, 0.3) is 0 Å². The molecule has 1 N–H and O–H groups in total. The SMILES string of the molecule is OCCCCCCCCOc1ccc2c(c1)c1ccccc1n2-c1ccccc1. The van der Waals surface area contributed by atoms with Gasteiger partial charge < -0.3 is 14.4 Å². The summed E-state index contributed by atoms with van der Waals surface area (Å²) in [6.07, 6.45) is 6.72. The Bertz CT molecular complexity index is 1050. The number of para-hydroxylation sites is 2. The van der Waals surface area contributed by atoms with Crippen LogP contribution in [0, 0.1) is 0 Å². The normalized spacial score (nSPS) is 11.3. The summed E-state index contributed by atoms with van der Waals surface area (Å²) in [5, 5.41) is 11.3. The molecule has 0 saturated carbocycles. The second-order valence-electron chi connectivity index (χ2n) is 7.56. The first-order valence-electron chi connectivity index (χ1n) is 10.7. The molecular formula is C26H29NO2. The van der Waals surface area contributed by atoms with E-state index in [9.17, 15) is 0 Å². The highest BCUT2D eigenvalue weighted by molar-refractivity contribution is 6.09. The van der Waals surface area contributed by atoms with Crippen LogP contribution >= 0.6 is 0 Å². The second kappa shape index (κ2) is 9.62. The van der Waals surface area contributed by atoms with E-state index in [2.05, 4.69) is 77.4 Å². The van der Waals surface area contributed by atoms with Gasteiger partial charge in [-0.2, -0.15) is 0 Å². The number of nitrogens with zero attached hydrogens (tertiary/aromatic N) is 1. The number of rotatable bonds is 10. The molecule has 3 nitrogen and oxygen atoms in total. The summed E-state index contributed by atoms with van der Waals surface area (Å²) in [5.41, 5.74) is 3.59. The quantitative estimate of drug-likeness (QED) is 0.315. The van der Waals surface area contributed by atoms with Crippen molar-refractivity contribution in [3.63, 3.8) is 0 Å². The molecular weight excluding hydrogens is 358 g/mol. The van der Waals surface area contributed by atoms with E-state index in [-0.39, 0.29) is 0 Å².